The molecule has 11 heterocycles. The van der Waals surface area contributed by atoms with E-state index in [2.05, 4.69) is 82.0 Å². The van der Waals surface area contributed by atoms with E-state index in [1.54, 1.807) is 64.5 Å². The number of carbonyl (C=O) groups is 3. The third-order valence-corrected chi connectivity index (χ3v) is 16.3. The van der Waals surface area contributed by atoms with Crippen LogP contribution in [0.25, 0.3) is 83.5 Å². The molecule has 9 aromatic heterocycles. The summed E-state index contributed by atoms with van der Waals surface area (Å²) < 4.78 is 21.3. The van der Waals surface area contributed by atoms with Crippen molar-refractivity contribution in [3.8, 4) is 50.4 Å². The second-order valence-corrected chi connectivity index (χ2v) is 23.1. The Morgan fingerprint density at radius 3 is 1.22 bits per heavy atom. The SMILES string of the molecule is CCCn1ccc(-c2cc(-n3cccn3)c3nc(NC(=O)NCC)[nH]c3c2)cc1=O.CCNC(=O)Nc1nc2c(-n3cccn3)cc(-c3ccn(CC4CCCO4)c(=O)c3)cc2[nH]1.CCNC(=O)Nc1nc2c(-n3cccn3)cc(-c3ccn(CCN4CCOCC4)c(=O)c3)cc2[nH]1. The molecule has 0 spiro atoms. The van der Waals surface area contributed by atoms with Gasteiger partial charge in [0.2, 0.25) is 17.8 Å². The standard InChI is InChI=1S/C24H28N8O3.C23H25N7O3.C21H23N7O2/c1-2-25-24(34)29-23-27-19-14-18(15-20(22(19)28-23)32-6-3-5-26-32)17-4-7-31(21(33)16-17)9-8-30-10-12-35-13-11-30;1-2-24-23(32)28-22-26-18-11-16(12-19(21(18)27-22)30-8-4-7-25-30)15-6-9-29(20(31)13-15)14-17-5-3-10-33-17;1-3-8-27-10-6-14(13-18(27)29)15-11-16-19(17(12-15)28-9-5-7-23-28)25-20(24-16)26-21(30)22-4-2/h3-7,14-16H,2,8-13H2,1H3,(H3,25,27,28,29,34);4,6-9,11-13,17H,2-3,5,10,14H2,1H3,(H3,24,26,27,28,32);5-7,9-13H,3-4,8H2,1-2H3,(H3,22,24,25,26,30). The molecule has 1 unspecified atom stereocenters. The molecule has 0 aliphatic carbocycles. The Balaban J connectivity index is 0.000000140. The third-order valence-electron chi connectivity index (χ3n) is 16.3. The van der Waals surface area contributed by atoms with E-state index in [9.17, 15) is 28.8 Å². The number of fused-ring (bicyclic) bond motifs is 3. The Hall–Kier alpha value is -11.8. The van der Waals surface area contributed by atoms with Crippen molar-refractivity contribution in [1.82, 2.24) is 93.8 Å². The number of morpholine rings is 1. The predicted octanol–water partition coefficient (Wildman–Crippen LogP) is 8.08. The summed E-state index contributed by atoms with van der Waals surface area (Å²) in [5, 5.41) is 29.2. The Morgan fingerprint density at radius 1 is 0.480 bits per heavy atom. The van der Waals surface area contributed by atoms with Gasteiger partial charge in [0.05, 0.1) is 59.5 Å². The molecular formula is C68H76N22O8. The van der Waals surface area contributed by atoms with Gasteiger partial charge in [-0.2, -0.15) is 15.3 Å². The molecule has 30 heteroatoms. The van der Waals surface area contributed by atoms with Gasteiger partial charge in [0.15, 0.2) is 0 Å². The first-order valence-corrected chi connectivity index (χ1v) is 32.6. The second kappa shape index (κ2) is 30.8. The van der Waals surface area contributed by atoms with Crippen molar-refractivity contribution in [3.63, 3.8) is 0 Å². The lowest BCUT2D eigenvalue weighted by atomic mass is 10.0. The number of amides is 6. The Kier molecular flexibility index (Phi) is 20.8. The average molecular weight is 1330 g/mol. The molecular weight excluding hydrogens is 1250 g/mol. The number of hydrogen-bond donors (Lipinski definition) is 9. The van der Waals surface area contributed by atoms with Crippen LogP contribution in [0.1, 0.15) is 47.0 Å². The van der Waals surface area contributed by atoms with E-state index in [4.69, 9.17) is 9.47 Å². The molecule has 2 saturated heterocycles. The first kappa shape index (κ1) is 66.3. The zero-order valence-electron chi connectivity index (χ0n) is 54.6. The van der Waals surface area contributed by atoms with Gasteiger partial charge in [-0.25, -0.2) is 43.4 Å². The number of nitrogens with one attached hydrogen (secondary N) is 9. The quantitative estimate of drug-likeness (QED) is 0.0369. The summed E-state index contributed by atoms with van der Waals surface area (Å²) in [4.78, 5) is 99.3. The first-order valence-electron chi connectivity index (χ1n) is 32.6. The van der Waals surface area contributed by atoms with Crippen LogP contribution in [0.5, 0.6) is 0 Å². The Bertz CT molecular complexity index is 4920. The van der Waals surface area contributed by atoms with Crippen molar-refractivity contribution in [3.05, 3.63) is 178 Å². The molecule has 1 atom stereocenters. The van der Waals surface area contributed by atoms with Crippen LogP contribution in [-0.2, 0) is 29.1 Å². The van der Waals surface area contributed by atoms with Crippen LogP contribution in [0.15, 0.2) is 161 Å². The van der Waals surface area contributed by atoms with E-state index in [-0.39, 0.29) is 40.9 Å². The topological polar surface area (TPSA) is 351 Å². The normalized spacial score (nSPS) is 13.8. The summed E-state index contributed by atoms with van der Waals surface area (Å²) in [6.07, 6.45) is 19.0. The fourth-order valence-electron chi connectivity index (χ4n) is 11.6. The Morgan fingerprint density at radius 2 is 0.878 bits per heavy atom. The van der Waals surface area contributed by atoms with Gasteiger partial charge >= 0.3 is 18.1 Å². The van der Waals surface area contributed by atoms with Gasteiger partial charge in [0.25, 0.3) is 16.7 Å². The van der Waals surface area contributed by atoms with Gasteiger partial charge in [-0.05, 0) is 146 Å². The molecule has 14 rings (SSSR count). The van der Waals surface area contributed by atoms with Crippen molar-refractivity contribution >= 4 is 69.0 Å². The molecule has 30 nitrogen and oxygen atoms in total. The van der Waals surface area contributed by atoms with E-state index in [0.717, 1.165) is 120 Å². The van der Waals surface area contributed by atoms with Crippen LogP contribution in [0.4, 0.5) is 32.2 Å². The molecule has 2 fully saturated rings. The van der Waals surface area contributed by atoms with E-state index < -0.39 is 0 Å². The number of aromatic amines is 3. The maximum absolute atomic E-state index is 12.9. The fraction of sp³-hybridized carbons (Fsp3) is 0.294. The molecule has 2 aliphatic heterocycles. The largest absolute Gasteiger partial charge is 0.379 e. The summed E-state index contributed by atoms with van der Waals surface area (Å²) in [6, 6.07) is 26.7. The van der Waals surface area contributed by atoms with E-state index in [1.165, 1.54) is 0 Å². The minimum absolute atomic E-state index is 0.0433. The zero-order valence-corrected chi connectivity index (χ0v) is 54.6. The molecule has 12 aromatic rings. The average Bonchev–Trinajstić information content (AvgIpc) is 1.60. The summed E-state index contributed by atoms with van der Waals surface area (Å²) in [5.74, 6) is 0.989. The van der Waals surface area contributed by atoms with Gasteiger partial charge in [-0.15, -0.1) is 0 Å². The molecule has 506 valence electrons. The van der Waals surface area contributed by atoms with Gasteiger partial charge in [0, 0.05) is 133 Å². The highest BCUT2D eigenvalue weighted by Crippen LogP contribution is 2.33. The first-order chi connectivity index (χ1) is 47.8. The smallest absolute Gasteiger partial charge is 0.321 e. The highest BCUT2D eigenvalue weighted by atomic mass is 16.5. The maximum Gasteiger partial charge on any atom is 0.321 e. The van der Waals surface area contributed by atoms with Crippen molar-refractivity contribution in [2.45, 2.75) is 72.7 Å². The summed E-state index contributed by atoms with van der Waals surface area (Å²) in [5.41, 5.74) is 11.1. The summed E-state index contributed by atoms with van der Waals surface area (Å²) in [6.45, 7) is 15.8. The number of urea groups is 3. The number of nitrogens with zero attached hydrogens (tertiary/aromatic N) is 13. The molecule has 3 aromatic carbocycles. The third kappa shape index (κ3) is 15.8. The summed E-state index contributed by atoms with van der Waals surface area (Å²) in [7, 11) is 0. The lowest BCUT2D eigenvalue weighted by molar-refractivity contribution is 0.0363. The summed E-state index contributed by atoms with van der Waals surface area (Å²) >= 11 is 0. The predicted molar refractivity (Wildman–Crippen MR) is 373 cm³/mol. The number of H-pyrrole nitrogens is 3. The van der Waals surface area contributed by atoms with Gasteiger partial charge in [0.1, 0.15) is 16.6 Å². The van der Waals surface area contributed by atoms with Crippen LogP contribution in [-0.4, -0.2) is 161 Å². The minimum Gasteiger partial charge on any atom is -0.379 e. The van der Waals surface area contributed by atoms with Gasteiger partial charge in [-0.1, -0.05) is 6.92 Å². The van der Waals surface area contributed by atoms with Crippen molar-refractivity contribution < 1.29 is 23.9 Å². The zero-order chi connectivity index (χ0) is 68.1. The van der Waals surface area contributed by atoms with Crippen LogP contribution in [0, 0.1) is 0 Å². The number of aryl methyl sites for hydroxylation is 1. The van der Waals surface area contributed by atoms with E-state index in [0.29, 0.717) is 79.2 Å². The molecule has 9 N–H and O–H groups in total. The highest BCUT2D eigenvalue weighted by Gasteiger charge is 2.21. The number of rotatable bonds is 19. The number of anilines is 3. The lowest BCUT2D eigenvalue weighted by Gasteiger charge is -2.26. The monoisotopic (exact) mass is 1330 g/mol. The highest BCUT2D eigenvalue weighted by molar-refractivity contribution is 5.97. The molecule has 0 bridgehead atoms. The number of carbonyl (C=O) groups excluding carboxylic acids is 3. The van der Waals surface area contributed by atoms with Crippen molar-refractivity contribution in [1.29, 1.82) is 0 Å². The van der Waals surface area contributed by atoms with E-state index >= 15 is 0 Å². The molecule has 0 saturated carbocycles. The van der Waals surface area contributed by atoms with E-state index in [1.807, 2.05) is 138 Å². The number of pyridine rings is 3. The minimum atomic E-state index is -0.340. The van der Waals surface area contributed by atoms with Crippen LogP contribution >= 0.6 is 0 Å². The lowest BCUT2D eigenvalue weighted by Crippen LogP contribution is -2.39. The second-order valence-electron chi connectivity index (χ2n) is 23.1. The van der Waals surface area contributed by atoms with Gasteiger partial charge < -0.3 is 54.1 Å². The molecule has 98 heavy (non-hydrogen) atoms. The number of ether oxygens (including phenoxy) is 2. The molecule has 2 aliphatic rings. The molecule has 6 amide bonds. The van der Waals surface area contributed by atoms with Crippen molar-refractivity contribution in [2.24, 2.45) is 0 Å². The van der Waals surface area contributed by atoms with Gasteiger partial charge in [-0.3, -0.25) is 35.2 Å². The number of imidazole rings is 3. The number of benzene rings is 3. The number of aromatic nitrogens is 15. The van der Waals surface area contributed by atoms with Crippen LogP contribution < -0.4 is 48.6 Å². The number of hydrogen-bond acceptors (Lipinski definition) is 15. The fourth-order valence-corrected chi connectivity index (χ4v) is 11.6. The maximum atomic E-state index is 12.9. The van der Waals surface area contributed by atoms with Crippen molar-refractivity contribution in [2.75, 3.05) is 75.0 Å². The van der Waals surface area contributed by atoms with Crippen LogP contribution in [0.2, 0.25) is 0 Å². The van der Waals surface area contributed by atoms with Crippen LogP contribution in [0.3, 0.4) is 0 Å². The Labute approximate surface area is 560 Å². The molecule has 0 radical (unpaired) electrons.